The molecule has 29 heteroatoms. The third-order valence-corrected chi connectivity index (χ3v) is 13.7. The average molecular weight is 1020 g/mol. The van der Waals surface area contributed by atoms with Crippen LogP contribution in [0, 0.1) is 5.41 Å². The summed E-state index contributed by atoms with van der Waals surface area (Å²) in [6.45, 7) is 2.54. The third kappa shape index (κ3) is 20.3. The van der Waals surface area contributed by atoms with Crippen molar-refractivity contribution in [2.45, 2.75) is 122 Å². The lowest BCUT2D eigenvalue weighted by Crippen LogP contribution is -2.46. The summed E-state index contributed by atoms with van der Waals surface area (Å²) in [6.07, 6.45) is 8.36. The van der Waals surface area contributed by atoms with E-state index in [9.17, 15) is 63.0 Å². The number of aliphatic hydroxyl groups excluding tert-OH is 3. The topological polar surface area (TPSA) is 384 Å². The minimum absolute atomic E-state index is 0.00922. The summed E-state index contributed by atoms with van der Waals surface area (Å²) in [5, 5.41) is 36.5. The number of aliphatic hydroxyl groups is 3. The number of nitrogen functional groups attached to an aromatic ring is 1. The summed E-state index contributed by atoms with van der Waals surface area (Å²) in [6, 6.07) is 0. The maximum atomic E-state index is 12.7. The second-order valence-corrected chi connectivity index (χ2v) is 21.1. The summed E-state index contributed by atoms with van der Waals surface area (Å²) >= 11 is 0.977. The molecule has 8 atom stereocenters. The van der Waals surface area contributed by atoms with Gasteiger partial charge in [0.25, 0.3) is 0 Å². The zero-order valence-electron chi connectivity index (χ0n) is 36.8. The van der Waals surface area contributed by atoms with Crippen molar-refractivity contribution in [2.75, 3.05) is 37.8 Å². The van der Waals surface area contributed by atoms with Gasteiger partial charge in [0.15, 0.2) is 22.8 Å². The molecular formula is C37H62N7O18P3S. The Morgan fingerprint density at radius 2 is 1.65 bits per heavy atom. The second kappa shape index (κ2) is 27.3. The van der Waals surface area contributed by atoms with Gasteiger partial charge in [-0.15, -0.1) is 0 Å². The Bertz CT molecular complexity index is 2090. The molecule has 8 unspecified atom stereocenters. The molecule has 3 heterocycles. The lowest BCUT2D eigenvalue weighted by molar-refractivity contribution is -0.137. The summed E-state index contributed by atoms with van der Waals surface area (Å²) in [4.78, 5) is 88.3. The van der Waals surface area contributed by atoms with Crippen LogP contribution < -0.4 is 16.4 Å². The number of hydrogen-bond donors (Lipinski definition) is 10. The summed E-state index contributed by atoms with van der Waals surface area (Å²) in [5.41, 5.74) is 4.24. The highest BCUT2D eigenvalue weighted by molar-refractivity contribution is 8.13. The van der Waals surface area contributed by atoms with Crippen molar-refractivity contribution in [2.24, 2.45) is 5.41 Å². The molecule has 1 aliphatic heterocycles. The van der Waals surface area contributed by atoms with Crippen molar-refractivity contribution in [1.82, 2.24) is 30.2 Å². The van der Waals surface area contributed by atoms with Crippen LogP contribution in [0.4, 0.5) is 5.82 Å². The van der Waals surface area contributed by atoms with Crippen molar-refractivity contribution in [3.63, 3.8) is 0 Å². The third-order valence-electron chi connectivity index (χ3n) is 9.66. The molecule has 0 aliphatic carbocycles. The van der Waals surface area contributed by atoms with E-state index in [0.717, 1.165) is 54.7 Å². The number of ether oxygens (including phenoxy) is 1. The van der Waals surface area contributed by atoms with Gasteiger partial charge in [0.05, 0.1) is 25.6 Å². The van der Waals surface area contributed by atoms with Gasteiger partial charge < -0.3 is 56.0 Å². The largest absolute Gasteiger partial charge is 0.481 e. The molecule has 0 spiro atoms. The number of thioether (sulfide) groups is 1. The quantitative estimate of drug-likeness (QED) is 0.0295. The van der Waals surface area contributed by atoms with Crippen LogP contribution >= 0.6 is 35.2 Å². The number of carbonyl (C=O) groups excluding carboxylic acids is 3. The van der Waals surface area contributed by atoms with Gasteiger partial charge in [-0.05, 0) is 38.5 Å². The number of nitrogens with one attached hydrogen (secondary N) is 2. The van der Waals surface area contributed by atoms with Crippen LogP contribution in [0.15, 0.2) is 37.0 Å². The van der Waals surface area contributed by atoms with Crippen molar-refractivity contribution in [3.8, 4) is 0 Å². The van der Waals surface area contributed by atoms with Crippen molar-refractivity contribution >= 4 is 69.1 Å². The molecule has 0 bridgehead atoms. The fourth-order valence-corrected chi connectivity index (χ4v) is 9.71. The number of hydrogen-bond acceptors (Lipinski definition) is 19. The standard InChI is InChI=1S/C37H62N7O18P3S/c1-4-5-6-7-8-9-10-11-12-13-14-15-25(45)20-28(47)66-19-18-39-27(46)16-17-40-35(50)32(49)37(2,3)22-59-65(56,57)62-64(54,55)58-21-26-31(61-63(51,52)53)30(48)36(60-26)44-24-43-29-33(38)41-23-42-34(29)44/h8-9,11-12,23-26,30-32,36,45,48-49H,4-7,10,13-22H2,1-3H3,(H,39,46)(H,40,50)(H,54,55)(H,56,57)(H2,38,41,42)(H2,51,52,53)/b9-8+,12-11+. The van der Waals surface area contributed by atoms with E-state index in [0.29, 0.717) is 6.42 Å². The van der Waals surface area contributed by atoms with E-state index < -0.39 is 90.7 Å². The number of unbranched alkanes of at least 4 members (excludes halogenated alkanes) is 4. The fraction of sp³-hybridized carbons (Fsp3) is 0.676. The summed E-state index contributed by atoms with van der Waals surface area (Å²) in [5.74, 6) is -1.25. The molecule has 1 fully saturated rings. The lowest BCUT2D eigenvalue weighted by Gasteiger charge is -2.30. The number of nitrogens with zero attached hydrogens (tertiary/aromatic N) is 4. The van der Waals surface area contributed by atoms with Gasteiger partial charge >= 0.3 is 23.5 Å². The van der Waals surface area contributed by atoms with Gasteiger partial charge in [0.2, 0.25) is 11.8 Å². The van der Waals surface area contributed by atoms with Crippen LogP contribution in [0.3, 0.4) is 0 Å². The van der Waals surface area contributed by atoms with Crippen LogP contribution in [0.25, 0.3) is 11.2 Å². The fourth-order valence-electron chi connectivity index (χ4n) is 6.14. The first-order chi connectivity index (χ1) is 30.9. The molecule has 3 rings (SSSR count). The molecule has 1 aliphatic rings. The van der Waals surface area contributed by atoms with Crippen LogP contribution in [0.5, 0.6) is 0 Å². The Hall–Kier alpha value is -3.00. The highest BCUT2D eigenvalue weighted by atomic mass is 32.2. The number of phosphoric ester groups is 3. The predicted molar refractivity (Wildman–Crippen MR) is 239 cm³/mol. The predicted octanol–water partition coefficient (Wildman–Crippen LogP) is 2.67. The number of amides is 2. The normalized spacial score (nSPS) is 20.9. The molecule has 2 aromatic heterocycles. The van der Waals surface area contributed by atoms with Crippen molar-refractivity contribution in [3.05, 3.63) is 37.0 Å². The average Bonchev–Trinajstić information content (AvgIpc) is 3.79. The molecule has 2 amide bonds. The van der Waals surface area contributed by atoms with Crippen molar-refractivity contribution in [1.29, 1.82) is 0 Å². The zero-order chi connectivity index (χ0) is 49.1. The van der Waals surface area contributed by atoms with E-state index in [2.05, 4.69) is 65.6 Å². The smallest absolute Gasteiger partial charge is 0.393 e. The molecule has 1 saturated heterocycles. The number of fused-ring (bicyclic) bond motifs is 1. The number of allylic oxidation sites excluding steroid dienone is 4. The zero-order valence-corrected chi connectivity index (χ0v) is 40.3. The minimum atomic E-state index is -5.59. The van der Waals surface area contributed by atoms with Gasteiger partial charge in [-0.1, -0.05) is 69.7 Å². The van der Waals surface area contributed by atoms with E-state index in [1.54, 1.807) is 0 Å². The Morgan fingerprint density at radius 3 is 2.33 bits per heavy atom. The molecule has 0 radical (unpaired) electrons. The number of rotatable bonds is 31. The molecule has 25 nitrogen and oxygen atoms in total. The molecule has 2 aromatic rings. The van der Waals surface area contributed by atoms with E-state index in [1.165, 1.54) is 33.1 Å². The van der Waals surface area contributed by atoms with Crippen LogP contribution in [-0.4, -0.2) is 134 Å². The molecule has 374 valence electrons. The lowest BCUT2D eigenvalue weighted by atomic mass is 9.87. The molecule has 0 aromatic carbocycles. The van der Waals surface area contributed by atoms with E-state index in [4.69, 9.17) is 19.5 Å². The Balaban J connectivity index is 1.35. The van der Waals surface area contributed by atoms with Gasteiger partial charge in [0, 0.05) is 37.1 Å². The number of aromatic nitrogens is 4. The van der Waals surface area contributed by atoms with Crippen molar-refractivity contribution < 1.29 is 85.6 Å². The number of imidazole rings is 1. The van der Waals surface area contributed by atoms with Crippen LogP contribution in [0.2, 0.25) is 0 Å². The minimum Gasteiger partial charge on any atom is -0.393 e. The van der Waals surface area contributed by atoms with E-state index in [-0.39, 0.29) is 53.8 Å². The van der Waals surface area contributed by atoms with Crippen LogP contribution in [-0.2, 0) is 50.7 Å². The highest BCUT2D eigenvalue weighted by Gasteiger charge is 2.50. The highest BCUT2D eigenvalue weighted by Crippen LogP contribution is 2.61. The summed E-state index contributed by atoms with van der Waals surface area (Å²) in [7, 11) is -16.4. The van der Waals surface area contributed by atoms with E-state index in [1.807, 2.05) is 0 Å². The monoisotopic (exact) mass is 1020 g/mol. The number of phosphoric acid groups is 3. The van der Waals surface area contributed by atoms with E-state index >= 15 is 0 Å². The maximum absolute atomic E-state index is 12.7. The summed E-state index contributed by atoms with van der Waals surface area (Å²) < 4.78 is 62.3. The van der Waals surface area contributed by atoms with Gasteiger partial charge in [-0.2, -0.15) is 4.31 Å². The molecule has 11 N–H and O–H groups in total. The number of anilines is 1. The first-order valence-electron chi connectivity index (χ1n) is 21.0. The van der Waals surface area contributed by atoms with Gasteiger partial charge in [0.1, 0.15) is 36.3 Å². The first-order valence-corrected chi connectivity index (χ1v) is 26.5. The number of nitrogens with two attached hydrogens (primary N) is 1. The number of carbonyl (C=O) groups is 3. The second-order valence-electron chi connectivity index (χ2n) is 15.8. The van der Waals surface area contributed by atoms with Gasteiger partial charge in [-0.3, -0.25) is 32.5 Å². The molecular weight excluding hydrogens is 955 g/mol. The molecule has 66 heavy (non-hydrogen) atoms. The Morgan fingerprint density at radius 1 is 0.970 bits per heavy atom. The SMILES string of the molecule is CCCCC/C=C/C/C=C/CCCC(O)CC(=O)SCCNC(=O)CCNC(=O)C(O)C(C)(C)COP(=O)(O)OP(=O)(O)OCC1OC(n2cnc3c(N)ncnc32)C(O)C1OP(=O)(O)O. The Kier molecular flexibility index (Phi) is 23.7. The molecule has 0 saturated carbocycles. The first kappa shape index (κ1) is 57.3. The Labute approximate surface area is 385 Å². The van der Waals surface area contributed by atoms with Crippen LogP contribution in [0.1, 0.15) is 91.2 Å². The van der Waals surface area contributed by atoms with Gasteiger partial charge in [-0.25, -0.2) is 28.6 Å². The maximum Gasteiger partial charge on any atom is 0.481 e.